The van der Waals surface area contributed by atoms with Crippen molar-refractivity contribution in [1.82, 2.24) is 0 Å². The molecule has 1 aromatic carbocycles. The molecule has 5 heteroatoms. The van der Waals surface area contributed by atoms with Crippen molar-refractivity contribution in [3.63, 3.8) is 0 Å². The van der Waals surface area contributed by atoms with Crippen LogP contribution in [0.4, 0.5) is 0 Å². The maximum absolute atomic E-state index is 11.6. The summed E-state index contributed by atoms with van der Waals surface area (Å²) in [5, 5.41) is 0.510. The van der Waals surface area contributed by atoms with Crippen LogP contribution in [0.15, 0.2) is 24.3 Å². The molecule has 0 atom stereocenters. The molecule has 1 aromatic rings. The molecule has 0 saturated heterocycles. The zero-order chi connectivity index (χ0) is 16.4. The quantitative estimate of drug-likeness (QED) is 0.498. The SMILES string of the molecule is CCC(CC)COC(=O)CCCC(=O)Oc1cccc(Cl)c1. The summed E-state index contributed by atoms with van der Waals surface area (Å²) in [5.41, 5.74) is 0. The Kier molecular flexibility index (Phi) is 8.60. The number of esters is 2. The molecule has 0 unspecified atom stereocenters. The van der Waals surface area contributed by atoms with Gasteiger partial charge in [0, 0.05) is 17.9 Å². The van der Waals surface area contributed by atoms with Gasteiger partial charge in [0.05, 0.1) is 6.61 Å². The van der Waals surface area contributed by atoms with Gasteiger partial charge < -0.3 is 9.47 Å². The summed E-state index contributed by atoms with van der Waals surface area (Å²) in [6.45, 7) is 4.61. The van der Waals surface area contributed by atoms with E-state index in [0.29, 0.717) is 29.7 Å². The second-order valence-electron chi connectivity index (χ2n) is 5.15. The first-order valence-corrected chi connectivity index (χ1v) is 8.04. The number of carbonyl (C=O) groups is 2. The van der Waals surface area contributed by atoms with E-state index < -0.39 is 0 Å². The van der Waals surface area contributed by atoms with E-state index in [4.69, 9.17) is 21.1 Å². The second-order valence-corrected chi connectivity index (χ2v) is 5.59. The minimum atomic E-state index is -0.380. The van der Waals surface area contributed by atoms with Gasteiger partial charge in [0.1, 0.15) is 5.75 Å². The lowest BCUT2D eigenvalue weighted by molar-refractivity contribution is -0.145. The van der Waals surface area contributed by atoms with Crippen LogP contribution in [0.1, 0.15) is 46.0 Å². The molecule has 0 amide bonds. The normalized spacial score (nSPS) is 10.5. The van der Waals surface area contributed by atoms with Crippen LogP contribution < -0.4 is 4.74 Å². The standard InChI is InChI=1S/C17H23ClO4/c1-3-13(4-2)12-21-16(19)9-6-10-17(20)22-15-8-5-7-14(18)11-15/h5,7-8,11,13H,3-4,6,9-10,12H2,1-2H3. The van der Waals surface area contributed by atoms with Crippen LogP contribution in [-0.4, -0.2) is 18.5 Å². The van der Waals surface area contributed by atoms with Crippen molar-refractivity contribution in [2.75, 3.05) is 6.61 Å². The molecule has 0 saturated carbocycles. The van der Waals surface area contributed by atoms with E-state index in [2.05, 4.69) is 13.8 Å². The Balaban J connectivity index is 2.20. The number of rotatable bonds is 9. The smallest absolute Gasteiger partial charge is 0.311 e. The molecule has 0 aliphatic heterocycles. The Bertz CT molecular complexity index is 483. The zero-order valence-electron chi connectivity index (χ0n) is 13.1. The van der Waals surface area contributed by atoms with Crippen LogP contribution >= 0.6 is 11.6 Å². The highest BCUT2D eigenvalue weighted by atomic mass is 35.5. The Morgan fingerprint density at radius 1 is 1.14 bits per heavy atom. The number of hydrogen-bond acceptors (Lipinski definition) is 4. The molecule has 0 spiro atoms. The lowest BCUT2D eigenvalue weighted by Gasteiger charge is -2.12. The maximum Gasteiger partial charge on any atom is 0.311 e. The third-order valence-corrected chi connectivity index (χ3v) is 3.66. The lowest BCUT2D eigenvalue weighted by Crippen LogP contribution is -2.14. The van der Waals surface area contributed by atoms with E-state index in [9.17, 15) is 9.59 Å². The van der Waals surface area contributed by atoms with Gasteiger partial charge in [-0.1, -0.05) is 44.4 Å². The maximum atomic E-state index is 11.6. The van der Waals surface area contributed by atoms with Gasteiger partial charge in [0.15, 0.2) is 0 Å². The summed E-state index contributed by atoms with van der Waals surface area (Å²) >= 11 is 5.81. The number of halogens is 1. The highest BCUT2D eigenvalue weighted by molar-refractivity contribution is 6.30. The zero-order valence-corrected chi connectivity index (χ0v) is 13.9. The molecule has 0 N–H and O–H groups in total. The van der Waals surface area contributed by atoms with E-state index in [1.807, 2.05) is 0 Å². The molecule has 0 fully saturated rings. The predicted molar refractivity (Wildman–Crippen MR) is 86.0 cm³/mol. The van der Waals surface area contributed by atoms with Gasteiger partial charge in [-0.25, -0.2) is 0 Å². The highest BCUT2D eigenvalue weighted by Crippen LogP contribution is 2.18. The van der Waals surface area contributed by atoms with Crippen molar-refractivity contribution in [2.45, 2.75) is 46.0 Å². The second kappa shape index (κ2) is 10.2. The van der Waals surface area contributed by atoms with E-state index in [-0.39, 0.29) is 24.8 Å². The number of ether oxygens (including phenoxy) is 2. The van der Waals surface area contributed by atoms with Gasteiger partial charge in [0.25, 0.3) is 0 Å². The molecule has 1 rings (SSSR count). The molecular formula is C17H23ClO4. The fourth-order valence-electron chi connectivity index (χ4n) is 1.90. The summed E-state index contributed by atoms with van der Waals surface area (Å²) in [7, 11) is 0. The molecular weight excluding hydrogens is 304 g/mol. The molecule has 0 bridgehead atoms. The average Bonchev–Trinajstić information content (AvgIpc) is 2.48. The number of benzene rings is 1. The molecule has 0 aliphatic carbocycles. The van der Waals surface area contributed by atoms with E-state index >= 15 is 0 Å². The molecule has 4 nitrogen and oxygen atoms in total. The summed E-state index contributed by atoms with van der Waals surface area (Å²) in [6.07, 6.45) is 2.81. The van der Waals surface area contributed by atoms with Gasteiger partial charge >= 0.3 is 11.9 Å². The van der Waals surface area contributed by atoms with Crippen molar-refractivity contribution in [3.05, 3.63) is 29.3 Å². The average molecular weight is 327 g/mol. The first kappa shape index (κ1) is 18.5. The van der Waals surface area contributed by atoms with Crippen molar-refractivity contribution >= 4 is 23.5 Å². The predicted octanol–water partition coefficient (Wildman–Crippen LogP) is 4.40. The van der Waals surface area contributed by atoms with Gasteiger partial charge in [-0.3, -0.25) is 9.59 Å². The first-order valence-electron chi connectivity index (χ1n) is 7.67. The summed E-state index contributed by atoms with van der Waals surface area (Å²) in [6, 6.07) is 6.64. The van der Waals surface area contributed by atoms with Crippen LogP contribution in [0, 0.1) is 5.92 Å². The van der Waals surface area contributed by atoms with Gasteiger partial charge in [0.2, 0.25) is 0 Å². The van der Waals surface area contributed by atoms with Crippen LogP contribution in [0.3, 0.4) is 0 Å². The molecule has 122 valence electrons. The van der Waals surface area contributed by atoms with E-state index in [0.717, 1.165) is 12.8 Å². The largest absolute Gasteiger partial charge is 0.465 e. The molecule has 0 radical (unpaired) electrons. The Labute approximate surface area is 136 Å². The summed E-state index contributed by atoms with van der Waals surface area (Å²) < 4.78 is 10.3. The Morgan fingerprint density at radius 2 is 1.82 bits per heavy atom. The Morgan fingerprint density at radius 3 is 2.45 bits per heavy atom. The van der Waals surface area contributed by atoms with Gasteiger partial charge in [-0.05, 0) is 30.5 Å². The van der Waals surface area contributed by atoms with Crippen LogP contribution in [0.5, 0.6) is 5.75 Å². The summed E-state index contributed by atoms with van der Waals surface area (Å²) in [5.74, 6) is 0.183. The van der Waals surface area contributed by atoms with E-state index in [1.165, 1.54) is 0 Å². The topological polar surface area (TPSA) is 52.6 Å². The van der Waals surface area contributed by atoms with Gasteiger partial charge in [-0.15, -0.1) is 0 Å². The third-order valence-electron chi connectivity index (χ3n) is 3.42. The fourth-order valence-corrected chi connectivity index (χ4v) is 2.08. The first-order chi connectivity index (χ1) is 10.5. The minimum Gasteiger partial charge on any atom is -0.465 e. The van der Waals surface area contributed by atoms with Crippen molar-refractivity contribution in [2.24, 2.45) is 5.92 Å². The van der Waals surface area contributed by atoms with Crippen LogP contribution in [0.2, 0.25) is 5.02 Å². The summed E-state index contributed by atoms with van der Waals surface area (Å²) in [4.78, 5) is 23.2. The number of carbonyl (C=O) groups excluding carboxylic acids is 2. The van der Waals surface area contributed by atoms with Crippen molar-refractivity contribution in [3.8, 4) is 5.75 Å². The highest BCUT2D eigenvalue weighted by Gasteiger charge is 2.10. The molecule has 0 aliphatic rings. The molecule has 0 aromatic heterocycles. The third kappa shape index (κ3) is 7.46. The van der Waals surface area contributed by atoms with E-state index in [1.54, 1.807) is 24.3 Å². The minimum absolute atomic E-state index is 0.173. The van der Waals surface area contributed by atoms with Crippen LogP contribution in [0.25, 0.3) is 0 Å². The lowest BCUT2D eigenvalue weighted by atomic mass is 10.1. The van der Waals surface area contributed by atoms with Gasteiger partial charge in [-0.2, -0.15) is 0 Å². The molecule has 22 heavy (non-hydrogen) atoms. The Hall–Kier alpha value is -1.55. The number of hydrogen-bond donors (Lipinski definition) is 0. The van der Waals surface area contributed by atoms with Crippen molar-refractivity contribution < 1.29 is 19.1 Å². The van der Waals surface area contributed by atoms with Crippen LogP contribution in [-0.2, 0) is 14.3 Å². The molecule has 0 heterocycles. The fraction of sp³-hybridized carbons (Fsp3) is 0.529. The monoisotopic (exact) mass is 326 g/mol. The van der Waals surface area contributed by atoms with Crippen molar-refractivity contribution in [1.29, 1.82) is 0 Å².